The first-order chi connectivity index (χ1) is 9.95. The second-order valence-electron chi connectivity index (χ2n) is 5.67. The normalized spacial score (nSPS) is 14.3. The molecule has 1 nitrogen and oxygen atoms in total. The average molecular weight is 300 g/mol. The molecule has 0 amide bonds. The first kappa shape index (κ1) is 14.2. The van der Waals surface area contributed by atoms with Gasteiger partial charge >= 0.3 is 0 Å². The lowest BCUT2D eigenvalue weighted by Gasteiger charge is -2.23. The number of hydrogen-bond acceptors (Lipinski definition) is 2. The highest BCUT2D eigenvalue weighted by molar-refractivity contribution is 7.19. The van der Waals surface area contributed by atoms with Crippen LogP contribution in [0.4, 0.5) is 4.39 Å². The minimum atomic E-state index is -0.952. The highest BCUT2D eigenvalue weighted by atomic mass is 32.1. The third kappa shape index (κ3) is 2.85. The van der Waals surface area contributed by atoms with Gasteiger partial charge in [0.25, 0.3) is 0 Å². The zero-order chi connectivity index (χ0) is 15.0. The second-order valence-corrected chi connectivity index (χ2v) is 6.75. The van der Waals surface area contributed by atoms with Crippen LogP contribution >= 0.6 is 11.3 Å². The molecule has 0 spiro atoms. The predicted octanol–water partition coefficient (Wildman–Crippen LogP) is 4.80. The molecule has 0 aliphatic carbocycles. The molecule has 0 aliphatic rings. The van der Waals surface area contributed by atoms with Crippen molar-refractivity contribution in [3.63, 3.8) is 0 Å². The number of aryl methyl sites for hydroxylation is 1. The maximum absolute atomic E-state index is 13.2. The third-order valence-electron chi connectivity index (χ3n) is 3.80. The first-order valence-corrected chi connectivity index (χ1v) is 7.74. The summed E-state index contributed by atoms with van der Waals surface area (Å²) in [6.07, 6.45) is 0.478. The summed E-state index contributed by atoms with van der Waals surface area (Å²) in [4.78, 5) is 0.937. The van der Waals surface area contributed by atoms with Crippen LogP contribution in [-0.4, -0.2) is 5.11 Å². The summed E-state index contributed by atoms with van der Waals surface area (Å²) < 4.78 is 14.4. The van der Waals surface area contributed by atoms with Gasteiger partial charge in [0, 0.05) is 16.0 Å². The lowest BCUT2D eigenvalue weighted by atomic mass is 9.92. The van der Waals surface area contributed by atoms with Crippen molar-refractivity contribution in [1.29, 1.82) is 0 Å². The van der Waals surface area contributed by atoms with Crippen LogP contribution in [0.5, 0.6) is 0 Å². The molecule has 0 aliphatic heterocycles. The zero-order valence-corrected chi connectivity index (χ0v) is 12.9. The Kier molecular flexibility index (Phi) is 3.56. The Hall–Kier alpha value is -1.71. The molecule has 1 N–H and O–H groups in total. The van der Waals surface area contributed by atoms with Crippen LogP contribution in [0, 0.1) is 12.7 Å². The molecule has 1 atom stereocenters. The van der Waals surface area contributed by atoms with E-state index in [9.17, 15) is 9.50 Å². The van der Waals surface area contributed by atoms with Gasteiger partial charge in [-0.2, -0.15) is 0 Å². The highest BCUT2D eigenvalue weighted by Crippen LogP contribution is 2.35. The second kappa shape index (κ2) is 5.24. The summed E-state index contributed by atoms with van der Waals surface area (Å²) in [7, 11) is 0. The molecule has 1 aromatic heterocycles. The third-order valence-corrected chi connectivity index (χ3v) is 5.16. The summed E-state index contributed by atoms with van der Waals surface area (Å²) in [5.74, 6) is -0.238. The van der Waals surface area contributed by atoms with E-state index < -0.39 is 5.60 Å². The van der Waals surface area contributed by atoms with Gasteiger partial charge in [-0.3, -0.25) is 0 Å². The van der Waals surface area contributed by atoms with Crippen LogP contribution in [0.15, 0.2) is 48.5 Å². The SMILES string of the molecule is Cc1cc(F)ccc1CC(C)(O)c1cc2ccccc2s1. The molecule has 0 radical (unpaired) electrons. The van der Waals surface area contributed by atoms with E-state index in [1.54, 1.807) is 17.4 Å². The molecule has 0 saturated carbocycles. The first-order valence-electron chi connectivity index (χ1n) is 6.92. The van der Waals surface area contributed by atoms with Crippen molar-refractivity contribution in [2.24, 2.45) is 0 Å². The van der Waals surface area contributed by atoms with Crippen LogP contribution in [0.3, 0.4) is 0 Å². The van der Waals surface area contributed by atoms with Crippen LogP contribution in [0.2, 0.25) is 0 Å². The van der Waals surface area contributed by atoms with E-state index in [0.29, 0.717) is 6.42 Å². The summed E-state index contributed by atoms with van der Waals surface area (Å²) in [5, 5.41) is 12.0. The fourth-order valence-corrected chi connectivity index (χ4v) is 3.67. The Morgan fingerprint density at radius 2 is 1.90 bits per heavy atom. The molecule has 2 aromatic carbocycles. The molecule has 21 heavy (non-hydrogen) atoms. The standard InChI is InChI=1S/C18H17FOS/c1-12-9-15(19)8-7-14(12)11-18(2,20)17-10-13-5-3-4-6-16(13)21-17/h3-10,20H,11H2,1-2H3. The monoisotopic (exact) mass is 300 g/mol. The van der Waals surface area contributed by atoms with Crippen LogP contribution in [0.25, 0.3) is 10.1 Å². The van der Waals surface area contributed by atoms with Crippen LogP contribution < -0.4 is 0 Å². The minimum Gasteiger partial charge on any atom is -0.384 e. The molecule has 1 heterocycles. The Morgan fingerprint density at radius 3 is 2.62 bits per heavy atom. The summed E-state index contributed by atoms with van der Waals surface area (Å²) in [6, 6.07) is 14.9. The maximum atomic E-state index is 13.2. The largest absolute Gasteiger partial charge is 0.384 e. The van der Waals surface area contributed by atoms with E-state index in [4.69, 9.17) is 0 Å². The Bertz CT molecular complexity index is 756. The molecule has 0 bridgehead atoms. The van der Waals surface area contributed by atoms with E-state index in [0.717, 1.165) is 21.4 Å². The van der Waals surface area contributed by atoms with Crippen molar-refractivity contribution >= 4 is 21.4 Å². The maximum Gasteiger partial charge on any atom is 0.123 e. The van der Waals surface area contributed by atoms with Gasteiger partial charge in [-0.05, 0) is 54.6 Å². The van der Waals surface area contributed by atoms with Gasteiger partial charge in [-0.1, -0.05) is 24.3 Å². The lowest BCUT2D eigenvalue weighted by molar-refractivity contribution is 0.0614. The van der Waals surface area contributed by atoms with Crippen LogP contribution in [0.1, 0.15) is 22.9 Å². The number of benzene rings is 2. The van der Waals surface area contributed by atoms with Gasteiger partial charge in [0.1, 0.15) is 5.82 Å². The molecule has 3 rings (SSSR count). The average Bonchev–Trinajstić information content (AvgIpc) is 2.87. The van der Waals surface area contributed by atoms with Gasteiger partial charge in [-0.25, -0.2) is 4.39 Å². The summed E-state index contributed by atoms with van der Waals surface area (Å²) >= 11 is 1.61. The van der Waals surface area contributed by atoms with Gasteiger partial charge in [0.15, 0.2) is 0 Å². The van der Waals surface area contributed by atoms with Crippen molar-refractivity contribution in [2.75, 3.05) is 0 Å². The van der Waals surface area contributed by atoms with Crippen molar-refractivity contribution < 1.29 is 9.50 Å². The molecule has 0 saturated heterocycles. The summed E-state index contributed by atoms with van der Waals surface area (Å²) in [5.41, 5.74) is 0.891. The number of hydrogen-bond donors (Lipinski definition) is 1. The molecular weight excluding hydrogens is 283 g/mol. The van der Waals surface area contributed by atoms with Gasteiger partial charge in [0.2, 0.25) is 0 Å². The number of halogens is 1. The predicted molar refractivity (Wildman–Crippen MR) is 86.2 cm³/mol. The molecule has 108 valence electrons. The van der Waals surface area contributed by atoms with E-state index in [2.05, 4.69) is 12.1 Å². The smallest absolute Gasteiger partial charge is 0.123 e. The zero-order valence-electron chi connectivity index (χ0n) is 12.1. The van der Waals surface area contributed by atoms with Crippen molar-refractivity contribution in [1.82, 2.24) is 0 Å². The number of fused-ring (bicyclic) bond motifs is 1. The van der Waals surface area contributed by atoms with Gasteiger partial charge in [0.05, 0.1) is 5.60 Å². The van der Waals surface area contributed by atoms with Crippen molar-refractivity contribution in [3.05, 3.63) is 70.4 Å². The van der Waals surface area contributed by atoms with Crippen molar-refractivity contribution in [3.8, 4) is 0 Å². The number of thiophene rings is 1. The van der Waals surface area contributed by atoms with E-state index >= 15 is 0 Å². The number of aliphatic hydroxyl groups is 1. The molecular formula is C18H17FOS. The minimum absolute atomic E-state index is 0.238. The lowest BCUT2D eigenvalue weighted by Crippen LogP contribution is -2.23. The van der Waals surface area contributed by atoms with Crippen LogP contribution in [-0.2, 0) is 12.0 Å². The molecule has 3 heteroatoms. The van der Waals surface area contributed by atoms with Gasteiger partial charge < -0.3 is 5.11 Å². The Morgan fingerprint density at radius 1 is 1.14 bits per heavy atom. The quantitative estimate of drug-likeness (QED) is 0.736. The Labute approximate surface area is 127 Å². The topological polar surface area (TPSA) is 20.2 Å². The van der Waals surface area contributed by atoms with E-state index in [1.165, 1.54) is 16.8 Å². The fraction of sp³-hybridized carbons (Fsp3) is 0.222. The van der Waals surface area contributed by atoms with E-state index in [1.807, 2.05) is 32.0 Å². The Balaban J connectivity index is 1.95. The van der Waals surface area contributed by atoms with E-state index in [-0.39, 0.29) is 5.82 Å². The van der Waals surface area contributed by atoms with Crippen molar-refractivity contribution in [2.45, 2.75) is 25.9 Å². The number of rotatable bonds is 3. The highest BCUT2D eigenvalue weighted by Gasteiger charge is 2.26. The fourth-order valence-electron chi connectivity index (χ4n) is 2.56. The van der Waals surface area contributed by atoms with Gasteiger partial charge in [-0.15, -0.1) is 11.3 Å². The molecule has 0 fully saturated rings. The molecule has 3 aromatic rings. The molecule has 1 unspecified atom stereocenters. The summed E-state index contributed by atoms with van der Waals surface area (Å²) in [6.45, 7) is 3.69.